The Morgan fingerprint density at radius 3 is 2.95 bits per heavy atom. The second-order valence-corrected chi connectivity index (χ2v) is 5.12. The summed E-state index contributed by atoms with van der Waals surface area (Å²) in [7, 11) is 0. The third-order valence-corrected chi connectivity index (χ3v) is 3.38. The lowest BCUT2D eigenvalue weighted by atomic mass is 10.1. The van der Waals surface area contributed by atoms with Gasteiger partial charge in [0, 0.05) is 19.7 Å². The number of carbonyl (C=O) groups excluding carboxylic acids is 1. The Labute approximate surface area is 114 Å². The van der Waals surface area contributed by atoms with Gasteiger partial charge in [0.05, 0.1) is 12.1 Å². The summed E-state index contributed by atoms with van der Waals surface area (Å²) in [6, 6.07) is 9.43. The van der Waals surface area contributed by atoms with Crippen molar-refractivity contribution in [1.29, 1.82) is 0 Å². The molecule has 1 amide bonds. The molecule has 104 valence electrons. The fourth-order valence-corrected chi connectivity index (χ4v) is 2.38. The van der Waals surface area contributed by atoms with Crippen molar-refractivity contribution < 1.29 is 9.53 Å². The number of hydrogen-bond donors (Lipinski definition) is 1. The topological polar surface area (TPSA) is 55.6 Å². The molecule has 0 radical (unpaired) electrons. The Morgan fingerprint density at radius 1 is 1.47 bits per heavy atom. The first-order valence-electron chi connectivity index (χ1n) is 6.86. The molecular formula is C15H22N2O2. The van der Waals surface area contributed by atoms with Crippen molar-refractivity contribution in [3.05, 3.63) is 35.9 Å². The number of rotatable bonds is 3. The zero-order valence-corrected chi connectivity index (χ0v) is 11.4. The number of nitrogens with two attached hydrogens (primary N) is 1. The van der Waals surface area contributed by atoms with Crippen molar-refractivity contribution in [2.24, 2.45) is 5.73 Å². The maximum Gasteiger partial charge on any atom is 0.239 e. The van der Waals surface area contributed by atoms with Gasteiger partial charge in [-0.25, -0.2) is 0 Å². The third kappa shape index (κ3) is 4.04. The van der Waals surface area contributed by atoms with Gasteiger partial charge >= 0.3 is 0 Å². The molecule has 0 bridgehead atoms. The number of hydrogen-bond acceptors (Lipinski definition) is 3. The van der Waals surface area contributed by atoms with Crippen LogP contribution in [0, 0.1) is 0 Å². The van der Waals surface area contributed by atoms with Crippen LogP contribution in [-0.2, 0) is 16.0 Å². The minimum Gasteiger partial charge on any atom is -0.377 e. The highest BCUT2D eigenvalue weighted by Crippen LogP contribution is 2.09. The van der Waals surface area contributed by atoms with Gasteiger partial charge in [-0.3, -0.25) is 4.79 Å². The van der Waals surface area contributed by atoms with Crippen LogP contribution in [0.1, 0.15) is 18.9 Å². The van der Waals surface area contributed by atoms with Gasteiger partial charge in [0.15, 0.2) is 0 Å². The van der Waals surface area contributed by atoms with Crippen LogP contribution < -0.4 is 5.73 Å². The Kier molecular flexibility index (Phi) is 4.93. The summed E-state index contributed by atoms with van der Waals surface area (Å²) >= 11 is 0. The van der Waals surface area contributed by atoms with Crippen LogP contribution in [-0.4, -0.2) is 42.6 Å². The molecule has 1 aliphatic heterocycles. The summed E-state index contributed by atoms with van der Waals surface area (Å²) in [4.78, 5) is 14.2. The Hall–Kier alpha value is -1.39. The Morgan fingerprint density at radius 2 is 2.21 bits per heavy atom. The zero-order valence-electron chi connectivity index (χ0n) is 11.4. The van der Waals surface area contributed by atoms with E-state index in [1.165, 1.54) is 0 Å². The fraction of sp³-hybridized carbons (Fsp3) is 0.533. The maximum absolute atomic E-state index is 12.3. The second kappa shape index (κ2) is 6.68. The van der Waals surface area contributed by atoms with E-state index in [1.807, 2.05) is 42.2 Å². The highest BCUT2D eigenvalue weighted by Gasteiger charge is 2.24. The molecule has 2 atom stereocenters. The van der Waals surface area contributed by atoms with E-state index in [9.17, 15) is 4.79 Å². The highest BCUT2D eigenvalue weighted by atomic mass is 16.5. The van der Waals surface area contributed by atoms with Crippen LogP contribution in [0.25, 0.3) is 0 Å². The number of amides is 1. The molecule has 0 aliphatic carbocycles. The molecule has 0 aromatic heterocycles. The molecule has 1 aliphatic rings. The van der Waals surface area contributed by atoms with Gasteiger partial charge in [-0.05, 0) is 25.3 Å². The van der Waals surface area contributed by atoms with Crippen LogP contribution in [0.5, 0.6) is 0 Å². The molecule has 19 heavy (non-hydrogen) atoms. The standard InChI is InChI=1S/C15H22N2O2/c1-12-11-17(8-5-9-19-12)15(18)14(16)10-13-6-3-2-4-7-13/h2-4,6-7,12,14H,5,8-11,16H2,1H3/t12?,14-/m1/s1. The van der Waals surface area contributed by atoms with Crippen molar-refractivity contribution in [2.75, 3.05) is 19.7 Å². The predicted octanol–water partition coefficient (Wildman–Crippen LogP) is 1.19. The normalized spacial score (nSPS) is 21.8. The molecule has 2 rings (SSSR count). The van der Waals surface area contributed by atoms with Gasteiger partial charge < -0.3 is 15.4 Å². The summed E-state index contributed by atoms with van der Waals surface area (Å²) in [6.07, 6.45) is 1.56. The minimum atomic E-state index is -0.465. The van der Waals surface area contributed by atoms with Crippen molar-refractivity contribution in [2.45, 2.75) is 31.9 Å². The van der Waals surface area contributed by atoms with Gasteiger partial charge in [-0.15, -0.1) is 0 Å². The molecule has 1 fully saturated rings. The van der Waals surface area contributed by atoms with E-state index < -0.39 is 6.04 Å². The van der Waals surface area contributed by atoms with Crippen LogP contribution in [0.3, 0.4) is 0 Å². The molecular weight excluding hydrogens is 240 g/mol. The van der Waals surface area contributed by atoms with Crippen molar-refractivity contribution in [3.63, 3.8) is 0 Å². The summed E-state index contributed by atoms with van der Waals surface area (Å²) in [5, 5.41) is 0. The van der Waals surface area contributed by atoms with Crippen molar-refractivity contribution in [1.82, 2.24) is 4.90 Å². The number of nitrogens with zero attached hydrogens (tertiary/aromatic N) is 1. The molecule has 1 saturated heterocycles. The molecule has 4 heteroatoms. The number of ether oxygens (including phenoxy) is 1. The Balaban J connectivity index is 1.94. The van der Waals surface area contributed by atoms with Gasteiger partial charge in [-0.2, -0.15) is 0 Å². The molecule has 2 N–H and O–H groups in total. The molecule has 1 unspecified atom stereocenters. The second-order valence-electron chi connectivity index (χ2n) is 5.12. The molecule has 1 heterocycles. The largest absolute Gasteiger partial charge is 0.377 e. The maximum atomic E-state index is 12.3. The number of benzene rings is 1. The summed E-state index contributed by atoms with van der Waals surface area (Å²) in [5.41, 5.74) is 7.14. The van der Waals surface area contributed by atoms with Crippen LogP contribution >= 0.6 is 0 Å². The van der Waals surface area contributed by atoms with E-state index >= 15 is 0 Å². The van der Waals surface area contributed by atoms with E-state index in [4.69, 9.17) is 10.5 Å². The van der Waals surface area contributed by atoms with E-state index in [2.05, 4.69) is 0 Å². The van der Waals surface area contributed by atoms with Gasteiger partial charge in [0.1, 0.15) is 0 Å². The van der Waals surface area contributed by atoms with E-state index in [-0.39, 0.29) is 12.0 Å². The van der Waals surface area contributed by atoms with Gasteiger partial charge in [0.25, 0.3) is 0 Å². The molecule has 0 spiro atoms. The van der Waals surface area contributed by atoms with Crippen molar-refractivity contribution in [3.8, 4) is 0 Å². The van der Waals surface area contributed by atoms with Crippen LogP contribution in [0.15, 0.2) is 30.3 Å². The monoisotopic (exact) mass is 262 g/mol. The first-order valence-corrected chi connectivity index (χ1v) is 6.86. The average molecular weight is 262 g/mol. The average Bonchev–Trinajstić information content (AvgIpc) is 2.63. The van der Waals surface area contributed by atoms with Gasteiger partial charge in [-0.1, -0.05) is 30.3 Å². The van der Waals surface area contributed by atoms with E-state index in [0.29, 0.717) is 13.0 Å². The van der Waals surface area contributed by atoms with Gasteiger partial charge in [0.2, 0.25) is 5.91 Å². The summed E-state index contributed by atoms with van der Waals surface area (Å²) in [6.45, 7) is 4.10. The summed E-state index contributed by atoms with van der Waals surface area (Å²) < 4.78 is 5.55. The first kappa shape index (κ1) is 14.0. The first-order chi connectivity index (χ1) is 9.16. The lowest BCUT2D eigenvalue weighted by molar-refractivity contribution is -0.133. The Bertz CT molecular complexity index is 408. The highest BCUT2D eigenvalue weighted by molar-refractivity contribution is 5.82. The minimum absolute atomic E-state index is 0.0289. The van der Waals surface area contributed by atoms with Crippen LogP contribution in [0.4, 0.5) is 0 Å². The van der Waals surface area contributed by atoms with Crippen molar-refractivity contribution >= 4 is 5.91 Å². The molecule has 0 saturated carbocycles. The third-order valence-electron chi connectivity index (χ3n) is 3.38. The molecule has 1 aromatic rings. The molecule has 1 aromatic carbocycles. The van der Waals surface area contributed by atoms with Crippen LogP contribution in [0.2, 0.25) is 0 Å². The molecule has 4 nitrogen and oxygen atoms in total. The fourth-order valence-electron chi connectivity index (χ4n) is 2.38. The lowest BCUT2D eigenvalue weighted by Gasteiger charge is -2.25. The summed E-state index contributed by atoms with van der Waals surface area (Å²) in [5.74, 6) is 0.0289. The SMILES string of the molecule is CC1CN(C(=O)[C@H](N)Cc2ccccc2)CCCO1. The van der Waals surface area contributed by atoms with E-state index in [0.717, 1.165) is 25.1 Å². The quantitative estimate of drug-likeness (QED) is 0.890. The number of carbonyl (C=O) groups is 1. The van der Waals surface area contributed by atoms with E-state index in [1.54, 1.807) is 0 Å². The zero-order chi connectivity index (χ0) is 13.7. The predicted molar refractivity (Wildman–Crippen MR) is 74.7 cm³/mol. The smallest absolute Gasteiger partial charge is 0.239 e. The lowest BCUT2D eigenvalue weighted by Crippen LogP contribution is -2.46.